The van der Waals surface area contributed by atoms with Crippen molar-refractivity contribution >= 4 is 23.4 Å². The van der Waals surface area contributed by atoms with Gasteiger partial charge in [0.1, 0.15) is 11.6 Å². The molecule has 3 fully saturated rings. The first kappa shape index (κ1) is 23.2. The zero-order valence-corrected chi connectivity index (χ0v) is 19.7. The van der Waals surface area contributed by atoms with Crippen LogP contribution in [0.3, 0.4) is 0 Å². The lowest BCUT2D eigenvalue weighted by Crippen LogP contribution is -2.49. The molecule has 1 atom stereocenters. The van der Waals surface area contributed by atoms with Crippen LogP contribution >= 0.6 is 11.6 Å². The lowest BCUT2D eigenvalue weighted by Gasteiger charge is -2.36. The maximum Gasteiger partial charge on any atom is 0.256 e. The monoisotopic (exact) mass is 487 g/mol. The molecule has 0 radical (unpaired) electrons. The number of carbonyl (C=O) groups excluding carboxylic acids is 2. The van der Waals surface area contributed by atoms with Gasteiger partial charge in [0.05, 0.1) is 5.56 Å². The Kier molecular flexibility index (Phi) is 6.34. The molecule has 2 saturated heterocycles. The van der Waals surface area contributed by atoms with E-state index in [-0.39, 0.29) is 34.5 Å². The molecule has 180 valence electrons. The summed E-state index contributed by atoms with van der Waals surface area (Å²) in [7, 11) is 0. The first-order valence-corrected chi connectivity index (χ1v) is 12.2. The Balaban J connectivity index is 1.11. The maximum absolute atomic E-state index is 14.1. The maximum atomic E-state index is 14.1. The summed E-state index contributed by atoms with van der Waals surface area (Å²) >= 11 is 5.94. The highest BCUT2D eigenvalue weighted by atomic mass is 35.5. The van der Waals surface area contributed by atoms with Gasteiger partial charge in [-0.15, -0.1) is 0 Å². The number of carbonyl (C=O) groups is 2. The van der Waals surface area contributed by atoms with Crippen LogP contribution in [0.25, 0.3) is 0 Å². The average molecular weight is 488 g/mol. The molecular formula is C26H28ClF2N3O2. The summed E-state index contributed by atoms with van der Waals surface area (Å²) in [4.78, 5) is 31.8. The van der Waals surface area contributed by atoms with Crippen LogP contribution < -0.4 is 0 Å². The molecule has 3 aliphatic rings. The lowest BCUT2D eigenvalue weighted by molar-refractivity contribution is -0.135. The summed E-state index contributed by atoms with van der Waals surface area (Å²) in [6.07, 6.45) is 2.39. The standard InChI is InChI=1S/C26H28ClF2N3O2/c27-19-4-5-23(29)21(15-19)24(33)31-8-6-26(7-9-31)16-22(26)25(34)32-12-10-30(11-13-32)17-18-2-1-3-20(28)14-18/h1-5,14-15,22H,6-13,16-17H2. The number of nitrogens with zero attached hydrogens (tertiary/aromatic N) is 3. The Morgan fingerprint density at radius 1 is 0.941 bits per heavy atom. The van der Waals surface area contributed by atoms with Crippen molar-refractivity contribution in [3.8, 4) is 0 Å². The molecule has 34 heavy (non-hydrogen) atoms. The van der Waals surface area contributed by atoms with E-state index in [0.29, 0.717) is 37.7 Å². The van der Waals surface area contributed by atoms with Gasteiger partial charge in [0.2, 0.25) is 5.91 Å². The molecule has 2 heterocycles. The number of amides is 2. The highest BCUT2D eigenvalue weighted by Crippen LogP contribution is 2.60. The van der Waals surface area contributed by atoms with E-state index in [9.17, 15) is 18.4 Å². The summed E-state index contributed by atoms with van der Waals surface area (Å²) in [6, 6.07) is 10.7. The Morgan fingerprint density at radius 3 is 2.38 bits per heavy atom. The third kappa shape index (κ3) is 4.68. The summed E-state index contributed by atoms with van der Waals surface area (Å²) in [5.41, 5.74) is 0.919. The smallest absolute Gasteiger partial charge is 0.256 e. The van der Waals surface area contributed by atoms with Crippen molar-refractivity contribution in [1.82, 2.24) is 14.7 Å². The molecular weight excluding hydrogens is 460 g/mol. The zero-order valence-electron chi connectivity index (χ0n) is 19.0. The second-order valence-electron chi connectivity index (χ2n) is 9.77. The minimum atomic E-state index is -0.564. The molecule has 1 saturated carbocycles. The average Bonchev–Trinajstić information content (AvgIpc) is 3.53. The van der Waals surface area contributed by atoms with Gasteiger partial charge in [0.15, 0.2) is 0 Å². The van der Waals surface area contributed by atoms with Crippen molar-refractivity contribution in [2.45, 2.75) is 25.8 Å². The van der Waals surface area contributed by atoms with Crippen molar-refractivity contribution in [2.24, 2.45) is 11.3 Å². The number of hydrogen-bond acceptors (Lipinski definition) is 3. The number of halogens is 3. The molecule has 8 heteroatoms. The van der Waals surface area contributed by atoms with Crippen LogP contribution in [0, 0.1) is 23.0 Å². The van der Waals surface area contributed by atoms with Crippen LogP contribution in [0.5, 0.6) is 0 Å². The Morgan fingerprint density at radius 2 is 1.68 bits per heavy atom. The van der Waals surface area contributed by atoms with Gasteiger partial charge in [-0.2, -0.15) is 0 Å². The zero-order chi connectivity index (χ0) is 23.9. The minimum Gasteiger partial charge on any atom is -0.340 e. The molecule has 0 bridgehead atoms. The van der Waals surface area contributed by atoms with Gasteiger partial charge in [-0.3, -0.25) is 14.5 Å². The first-order valence-electron chi connectivity index (χ1n) is 11.8. The third-order valence-electron chi connectivity index (χ3n) is 7.67. The van der Waals surface area contributed by atoms with Crippen molar-refractivity contribution in [3.05, 3.63) is 70.2 Å². The first-order chi connectivity index (χ1) is 16.3. The SMILES string of the molecule is O=C(c1cc(Cl)ccc1F)N1CCC2(CC1)CC2C(=O)N1CCN(Cc2cccc(F)c2)CC1. The number of benzene rings is 2. The van der Waals surface area contributed by atoms with E-state index in [1.165, 1.54) is 24.3 Å². The van der Waals surface area contributed by atoms with E-state index in [0.717, 1.165) is 37.9 Å². The van der Waals surface area contributed by atoms with Crippen molar-refractivity contribution in [2.75, 3.05) is 39.3 Å². The van der Waals surface area contributed by atoms with Crippen LogP contribution in [0.4, 0.5) is 8.78 Å². The third-order valence-corrected chi connectivity index (χ3v) is 7.91. The van der Waals surface area contributed by atoms with Gasteiger partial charge in [0, 0.05) is 56.8 Å². The van der Waals surface area contributed by atoms with Crippen molar-refractivity contribution in [3.63, 3.8) is 0 Å². The van der Waals surface area contributed by atoms with E-state index in [2.05, 4.69) is 4.90 Å². The molecule has 1 aliphatic carbocycles. The molecule has 1 unspecified atom stereocenters. The van der Waals surface area contributed by atoms with Gasteiger partial charge in [-0.25, -0.2) is 8.78 Å². The molecule has 5 nitrogen and oxygen atoms in total. The van der Waals surface area contributed by atoms with E-state index in [1.54, 1.807) is 17.0 Å². The second-order valence-corrected chi connectivity index (χ2v) is 10.2. The topological polar surface area (TPSA) is 43.9 Å². The van der Waals surface area contributed by atoms with Crippen LogP contribution in [0.15, 0.2) is 42.5 Å². The highest BCUT2D eigenvalue weighted by molar-refractivity contribution is 6.31. The molecule has 2 amide bonds. The van der Waals surface area contributed by atoms with Crippen LogP contribution in [0.2, 0.25) is 5.02 Å². The predicted molar refractivity (Wildman–Crippen MR) is 125 cm³/mol. The number of rotatable bonds is 4. The van der Waals surface area contributed by atoms with Crippen LogP contribution in [-0.2, 0) is 11.3 Å². The quantitative estimate of drug-likeness (QED) is 0.649. The summed E-state index contributed by atoms with van der Waals surface area (Å²) in [5.74, 6) is -0.900. The van der Waals surface area contributed by atoms with Gasteiger partial charge in [-0.05, 0) is 60.6 Å². The molecule has 1 spiro atoms. The fraction of sp³-hybridized carbons (Fsp3) is 0.462. The summed E-state index contributed by atoms with van der Waals surface area (Å²) < 4.78 is 27.5. The minimum absolute atomic E-state index is 0.00276. The molecule has 2 aromatic rings. The van der Waals surface area contributed by atoms with E-state index < -0.39 is 5.82 Å². The van der Waals surface area contributed by atoms with Gasteiger partial charge < -0.3 is 9.80 Å². The Bertz CT molecular complexity index is 1100. The molecule has 2 aromatic carbocycles. The Hall–Kier alpha value is -2.51. The second kappa shape index (κ2) is 9.27. The summed E-state index contributed by atoms with van der Waals surface area (Å²) in [6.45, 7) is 4.64. The number of likely N-dealkylation sites (tertiary alicyclic amines) is 1. The molecule has 0 aromatic heterocycles. The number of hydrogen-bond donors (Lipinski definition) is 0. The van der Waals surface area contributed by atoms with E-state index >= 15 is 0 Å². The molecule has 0 N–H and O–H groups in total. The van der Waals surface area contributed by atoms with E-state index in [4.69, 9.17) is 11.6 Å². The lowest BCUT2D eigenvalue weighted by atomic mass is 9.90. The van der Waals surface area contributed by atoms with Gasteiger partial charge in [-0.1, -0.05) is 23.7 Å². The van der Waals surface area contributed by atoms with Crippen LogP contribution in [-0.4, -0.2) is 65.8 Å². The fourth-order valence-electron chi connectivity index (χ4n) is 5.48. The predicted octanol–water partition coefficient (Wildman–Crippen LogP) is 4.20. The molecule has 2 aliphatic heterocycles. The van der Waals surface area contributed by atoms with Gasteiger partial charge in [0.25, 0.3) is 5.91 Å². The number of piperazine rings is 1. The van der Waals surface area contributed by atoms with Crippen LogP contribution in [0.1, 0.15) is 35.2 Å². The normalized spacial score (nSPS) is 22.1. The largest absolute Gasteiger partial charge is 0.340 e. The highest BCUT2D eigenvalue weighted by Gasteiger charge is 2.59. The van der Waals surface area contributed by atoms with Crippen molar-refractivity contribution in [1.29, 1.82) is 0 Å². The molecule has 5 rings (SSSR count). The Labute approximate surface area is 203 Å². The number of piperidine rings is 1. The van der Waals surface area contributed by atoms with Gasteiger partial charge >= 0.3 is 0 Å². The fourth-order valence-corrected chi connectivity index (χ4v) is 5.65. The van der Waals surface area contributed by atoms with E-state index in [1.807, 2.05) is 11.0 Å². The summed E-state index contributed by atoms with van der Waals surface area (Å²) in [5, 5.41) is 0.335. The van der Waals surface area contributed by atoms with Crippen molar-refractivity contribution < 1.29 is 18.4 Å².